The van der Waals surface area contributed by atoms with Crippen LogP contribution in [0.25, 0.3) is 0 Å². The summed E-state index contributed by atoms with van der Waals surface area (Å²) in [6, 6.07) is 9.88. The first-order chi connectivity index (χ1) is 13.1. The van der Waals surface area contributed by atoms with Gasteiger partial charge in [-0.3, -0.25) is 4.90 Å². The van der Waals surface area contributed by atoms with Gasteiger partial charge in [0, 0.05) is 43.9 Å². The molecule has 2 aromatic carbocycles. The maximum atomic E-state index is 13.8. The van der Waals surface area contributed by atoms with E-state index in [4.69, 9.17) is 0 Å². The zero-order valence-electron chi connectivity index (χ0n) is 14.4. The third-order valence-electron chi connectivity index (χ3n) is 4.49. The second-order valence-electron chi connectivity index (χ2n) is 6.51. The van der Waals surface area contributed by atoms with Crippen LogP contribution in [0.4, 0.5) is 24.8 Å². The Morgan fingerprint density at radius 2 is 1.89 bits per heavy atom. The molecule has 0 spiro atoms. The van der Waals surface area contributed by atoms with Crippen molar-refractivity contribution in [2.45, 2.75) is 19.5 Å². The quantitative estimate of drug-likeness (QED) is 0.748. The predicted molar refractivity (Wildman–Crippen MR) is 95.9 cm³/mol. The number of fused-ring (bicyclic) bond motifs is 1. The van der Waals surface area contributed by atoms with Gasteiger partial charge in [-0.05, 0) is 29.8 Å². The van der Waals surface area contributed by atoms with Crippen molar-refractivity contribution < 1.29 is 13.2 Å². The van der Waals surface area contributed by atoms with Gasteiger partial charge in [0.05, 0.1) is 11.4 Å². The first kappa shape index (κ1) is 17.5. The molecule has 0 atom stereocenters. The molecule has 1 aliphatic rings. The Morgan fingerprint density at radius 3 is 2.70 bits per heavy atom. The van der Waals surface area contributed by atoms with Crippen molar-refractivity contribution in [1.82, 2.24) is 14.9 Å². The smallest absolute Gasteiger partial charge is 0.227 e. The fraction of sp³-hybridized carbons (Fsp3) is 0.200. The van der Waals surface area contributed by atoms with Gasteiger partial charge in [-0.15, -0.1) is 0 Å². The van der Waals surface area contributed by atoms with Gasteiger partial charge in [-0.25, -0.2) is 23.1 Å². The number of halogens is 3. The summed E-state index contributed by atoms with van der Waals surface area (Å²) < 4.78 is 40.1. The maximum absolute atomic E-state index is 13.8. The minimum atomic E-state index is -0.697. The van der Waals surface area contributed by atoms with Gasteiger partial charge in [0.1, 0.15) is 17.5 Å². The van der Waals surface area contributed by atoms with E-state index in [-0.39, 0.29) is 17.5 Å². The highest BCUT2D eigenvalue weighted by atomic mass is 19.1. The standard InChI is InChI=1S/C20H17F3N4/c21-15-3-1-2-13(8-15)11-27-7-6-18-14(12-27)10-24-20(25-18)26-19-5-4-16(22)9-17(19)23/h1-5,8-10H,6-7,11-12H2,(H,24,25,26). The molecule has 0 bridgehead atoms. The van der Waals surface area contributed by atoms with Crippen LogP contribution in [0.5, 0.6) is 0 Å². The third kappa shape index (κ3) is 4.09. The van der Waals surface area contributed by atoms with Crippen molar-refractivity contribution in [1.29, 1.82) is 0 Å². The lowest BCUT2D eigenvalue weighted by Gasteiger charge is -2.28. The summed E-state index contributed by atoms with van der Waals surface area (Å²) >= 11 is 0. The molecular weight excluding hydrogens is 353 g/mol. The lowest BCUT2D eigenvalue weighted by molar-refractivity contribution is 0.242. The van der Waals surface area contributed by atoms with Gasteiger partial charge in [-0.2, -0.15) is 0 Å². The molecule has 4 nitrogen and oxygen atoms in total. The molecule has 138 valence electrons. The minimum Gasteiger partial charge on any atom is -0.322 e. The second-order valence-corrected chi connectivity index (χ2v) is 6.51. The summed E-state index contributed by atoms with van der Waals surface area (Å²) in [5, 5.41) is 2.79. The second kappa shape index (κ2) is 7.36. The van der Waals surface area contributed by atoms with Crippen LogP contribution in [0.1, 0.15) is 16.8 Å². The molecule has 4 rings (SSSR count). The monoisotopic (exact) mass is 370 g/mol. The van der Waals surface area contributed by atoms with Crippen molar-refractivity contribution >= 4 is 11.6 Å². The average Bonchev–Trinajstić information content (AvgIpc) is 2.64. The zero-order chi connectivity index (χ0) is 18.8. The Kier molecular flexibility index (Phi) is 4.77. The molecule has 3 aromatic rings. The lowest BCUT2D eigenvalue weighted by atomic mass is 10.1. The number of rotatable bonds is 4. The highest BCUT2D eigenvalue weighted by molar-refractivity contribution is 5.54. The number of hydrogen-bond donors (Lipinski definition) is 1. The lowest BCUT2D eigenvalue weighted by Crippen LogP contribution is -2.31. The van der Waals surface area contributed by atoms with Crippen molar-refractivity contribution in [3.63, 3.8) is 0 Å². The highest BCUT2D eigenvalue weighted by Crippen LogP contribution is 2.22. The summed E-state index contributed by atoms with van der Waals surface area (Å²) in [4.78, 5) is 10.9. The van der Waals surface area contributed by atoms with Crippen molar-refractivity contribution in [3.8, 4) is 0 Å². The van der Waals surface area contributed by atoms with Crippen LogP contribution in [0.3, 0.4) is 0 Å². The Bertz CT molecular complexity index is 977. The van der Waals surface area contributed by atoms with Gasteiger partial charge in [0.25, 0.3) is 0 Å². The number of nitrogens with one attached hydrogen (secondary N) is 1. The largest absolute Gasteiger partial charge is 0.322 e. The molecule has 0 radical (unpaired) electrons. The molecule has 2 heterocycles. The van der Waals surface area contributed by atoms with E-state index in [1.165, 1.54) is 24.3 Å². The van der Waals surface area contributed by atoms with E-state index in [9.17, 15) is 13.2 Å². The number of benzene rings is 2. The SMILES string of the molecule is Fc1cccc(CN2CCc3nc(Nc4ccc(F)cc4F)ncc3C2)c1. The summed E-state index contributed by atoms with van der Waals surface area (Å²) in [6.07, 6.45) is 2.43. The van der Waals surface area contributed by atoms with Gasteiger partial charge in [0.15, 0.2) is 0 Å². The Morgan fingerprint density at radius 1 is 1.04 bits per heavy atom. The Balaban J connectivity index is 1.46. The van der Waals surface area contributed by atoms with Crippen LogP contribution >= 0.6 is 0 Å². The van der Waals surface area contributed by atoms with Crippen LogP contribution < -0.4 is 5.32 Å². The Labute approximate surface area is 154 Å². The van der Waals surface area contributed by atoms with E-state index in [0.29, 0.717) is 19.5 Å². The Hall–Kier alpha value is -2.93. The normalized spacial score (nSPS) is 14.0. The summed E-state index contributed by atoms with van der Waals surface area (Å²) in [7, 11) is 0. The average molecular weight is 370 g/mol. The fourth-order valence-electron chi connectivity index (χ4n) is 3.17. The van der Waals surface area contributed by atoms with Crippen molar-refractivity contribution in [2.75, 3.05) is 11.9 Å². The molecule has 1 N–H and O–H groups in total. The maximum Gasteiger partial charge on any atom is 0.227 e. The molecule has 0 unspecified atom stereocenters. The molecular formula is C20H17F3N4. The first-order valence-electron chi connectivity index (χ1n) is 8.60. The summed E-state index contributed by atoms with van der Waals surface area (Å²) in [5.74, 6) is -1.30. The molecule has 0 amide bonds. The van der Waals surface area contributed by atoms with Gasteiger partial charge >= 0.3 is 0 Å². The van der Waals surface area contributed by atoms with Gasteiger partial charge in [-0.1, -0.05) is 12.1 Å². The highest BCUT2D eigenvalue weighted by Gasteiger charge is 2.19. The molecule has 0 saturated heterocycles. The van der Waals surface area contributed by atoms with Crippen molar-refractivity contribution in [2.24, 2.45) is 0 Å². The summed E-state index contributed by atoms with van der Waals surface area (Å²) in [6.45, 7) is 2.10. The van der Waals surface area contributed by atoms with Crippen LogP contribution in [0.15, 0.2) is 48.7 Å². The molecule has 0 fully saturated rings. The van der Waals surface area contributed by atoms with E-state index in [0.717, 1.165) is 29.4 Å². The van der Waals surface area contributed by atoms with E-state index in [1.54, 1.807) is 12.3 Å². The minimum absolute atomic E-state index is 0.125. The molecule has 1 aliphatic heterocycles. The number of hydrogen-bond acceptors (Lipinski definition) is 4. The topological polar surface area (TPSA) is 41.1 Å². The van der Waals surface area contributed by atoms with E-state index < -0.39 is 11.6 Å². The van der Waals surface area contributed by atoms with Crippen LogP contribution in [-0.2, 0) is 19.5 Å². The van der Waals surface area contributed by atoms with Crippen LogP contribution in [-0.4, -0.2) is 21.4 Å². The molecule has 0 saturated carbocycles. The van der Waals surface area contributed by atoms with Gasteiger partial charge < -0.3 is 5.32 Å². The van der Waals surface area contributed by atoms with Crippen molar-refractivity contribution in [3.05, 3.63) is 82.9 Å². The van der Waals surface area contributed by atoms with E-state index in [2.05, 4.69) is 20.2 Å². The van der Waals surface area contributed by atoms with Gasteiger partial charge in [0.2, 0.25) is 5.95 Å². The zero-order valence-corrected chi connectivity index (χ0v) is 14.4. The molecule has 7 heteroatoms. The number of aromatic nitrogens is 2. The van der Waals surface area contributed by atoms with Crippen LogP contribution in [0.2, 0.25) is 0 Å². The van der Waals surface area contributed by atoms with Crippen LogP contribution in [0, 0.1) is 17.5 Å². The number of anilines is 2. The fourth-order valence-corrected chi connectivity index (χ4v) is 3.17. The molecule has 1 aromatic heterocycles. The third-order valence-corrected chi connectivity index (χ3v) is 4.49. The first-order valence-corrected chi connectivity index (χ1v) is 8.60. The molecule has 27 heavy (non-hydrogen) atoms. The van der Waals surface area contributed by atoms with E-state index >= 15 is 0 Å². The summed E-state index contributed by atoms with van der Waals surface area (Å²) in [5.41, 5.74) is 2.93. The molecule has 0 aliphatic carbocycles. The number of nitrogens with zero attached hydrogens (tertiary/aromatic N) is 3. The van der Waals surface area contributed by atoms with E-state index in [1.807, 2.05) is 6.07 Å². The predicted octanol–water partition coefficient (Wildman–Crippen LogP) is 4.20.